The van der Waals surface area contributed by atoms with Gasteiger partial charge in [0.15, 0.2) is 0 Å². The van der Waals surface area contributed by atoms with Crippen LogP contribution in [0, 0.1) is 0 Å². The standard InChI is InChI=1S/C15H17N3O3/c1-21-9-8-10-4-2-3-5-12(10)18-14(11-6-7-11)16-13(17-18)15(19)20/h2-5,11H,6-9H2,1H3,(H,19,20). The Hall–Kier alpha value is -2.21. The number of carbonyl (C=O) groups is 1. The number of hydrogen-bond acceptors (Lipinski definition) is 4. The number of para-hydroxylation sites is 1. The summed E-state index contributed by atoms with van der Waals surface area (Å²) in [6.07, 6.45) is 2.83. The Morgan fingerprint density at radius 2 is 2.19 bits per heavy atom. The van der Waals surface area contributed by atoms with Crippen LogP contribution in [0.15, 0.2) is 24.3 Å². The first-order valence-electron chi connectivity index (χ1n) is 6.98. The number of benzene rings is 1. The van der Waals surface area contributed by atoms with E-state index in [9.17, 15) is 4.79 Å². The van der Waals surface area contributed by atoms with Crippen molar-refractivity contribution >= 4 is 5.97 Å². The highest BCUT2D eigenvalue weighted by atomic mass is 16.5. The largest absolute Gasteiger partial charge is 0.475 e. The van der Waals surface area contributed by atoms with Crippen LogP contribution in [0.2, 0.25) is 0 Å². The van der Waals surface area contributed by atoms with E-state index in [1.165, 1.54) is 0 Å². The van der Waals surface area contributed by atoms with Gasteiger partial charge < -0.3 is 9.84 Å². The average molecular weight is 287 g/mol. The Labute approximate surface area is 122 Å². The quantitative estimate of drug-likeness (QED) is 0.879. The number of nitrogens with zero attached hydrogens (tertiary/aromatic N) is 3. The molecule has 1 heterocycles. The summed E-state index contributed by atoms with van der Waals surface area (Å²) in [5.41, 5.74) is 1.96. The molecule has 1 saturated carbocycles. The first kappa shape index (κ1) is 13.8. The molecule has 1 N–H and O–H groups in total. The zero-order chi connectivity index (χ0) is 14.8. The van der Waals surface area contributed by atoms with Crippen LogP contribution < -0.4 is 0 Å². The summed E-state index contributed by atoms with van der Waals surface area (Å²) in [5, 5.41) is 13.3. The molecule has 1 fully saturated rings. The molecule has 1 aromatic carbocycles. The lowest BCUT2D eigenvalue weighted by Crippen LogP contribution is -2.07. The predicted octanol–water partition coefficient (Wildman–Crippen LogP) is 2.03. The summed E-state index contributed by atoms with van der Waals surface area (Å²) in [6.45, 7) is 0.607. The first-order valence-corrected chi connectivity index (χ1v) is 6.98. The molecule has 3 rings (SSSR count). The molecule has 1 aliphatic carbocycles. The van der Waals surface area contributed by atoms with Crippen molar-refractivity contribution < 1.29 is 14.6 Å². The number of carboxylic acid groups (broad SMARTS) is 1. The number of carboxylic acids is 1. The van der Waals surface area contributed by atoms with Crippen molar-refractivity contribution in [2.75, 3.05) is 13.7 Å². The zero-order valence-electron chi connectivity index (χ0n) is 11.8. The Morgan fingerprint density at radius 1 is 1.43 bits per heavy atom. The van der Waals surface area contributed by atoms with Crippen molar-refractivity contribution in [1.82, 2.24) is 14.8 Å². The third kappa shape index (κ3) is 2.80. The SMILES string of the molecule is COCCc1ccccc1-n1nc(C(=O)O)nc1C1CC1. The van der Waals surface area contributed by atoms with Gasteiger partial charge in [-0.2, -0.15) is 0 Å². The number of aromatic nitrogens is 3. The van der Waals surface area contributed by atoms with E-state index in [1.807, 2.05) is 24.3 Å². The van der Waals surface area contributed by atoms with E-state index >= 15 is 0 Å². The Balaban J connectivity index is 2.05. The molecule has 1 aromatic heterocycles. The van der Waals surface area contributed by atoms with Crippen LogP contribution in [0.1, 0.15) is 40.8 Å². The molecule has 0 amide bonds. The second kappa shape index (κ2) is 5.65. The van der Waals surface area contributed by atoms with Crippen molar-refractivity contribution in [3.8, 4) is 5.69 Å². The van der Waals surface area contributed by atoms with Crippen LogP contribution in [-0.4, -0.2) is 39.6 Å². The van der Waals surface area contributed by atoms with E-state index in [2.05, 4.69) is 10.1 Å². The summed E-state index contributed by atoms with van der Waals surface area (Å²) in [4.78, 5) is 15.3. The van der Waals surface area contributed by atoms with Crippen LogP contribution in [-0.2, 0) is 11.2 Å². The topological polar surface area (TPSA) is 77.2 Å². The van der Waals surface area contributed by atoms with Crippen LogP contribution in [0.5, 0.6) is 0 Å². The molecule has 0 spiro atoms. The number of rotatable bonds is 6. The molecule has 0 bridgehead atoms. The van der Waals surface area contributed by atoms with Gasteiger partial charge in [0.1, 0.15) is 5.82 Å². The monoisotopic (exact) mass is 287 g/mol. The molecule has 0 atom stereocenters. The minimum Gasteiger partial charge on any atom is -0.475 e. The minimum absolute atomic E-state index is 0.140. The highest BCUT2D eigenvalue weighted by Crippen LogP contribution is 2.40. The predicted molar refractivity (Wildman–Crippen MR) is 75.9 cm³/mol. The van der Waals surface area contributed by atoms with Gasteiger partial charge in [-0.25, -0.2) is 14.5 Å². The molecular weight excluding hydrogens is 270 g/mol. The van der Waals surface area contributed by atoms with Gasteiger partial charge in [-0.3, -0.25) is 0 Å². The van der Waals surface area contributed by atoms with Gasteiger partial charge in [-0.15, -0.1) is 5.10 Å². The van der Waals surface area contributed by atoms with Gasteiger partial charge in [-0.05, 0) is 30.9 Å². The van der Waals surface area contributed by atoms with Crippen molar-refractivity contribution in [3.05, 3.63) is 41.5 Å². The van der Waals surface area contributed by atoms with Gasteiger partial charge in [0.2, 0.25) is 0 Å². The fraction of sp³-hybridized carbons (Fsp3) is 0.400. The molecule has 21 heavy (non-hydrogen) atoms. The van der Waals surface area contributed by atoms with Crippen molar-refractivity contribution in [3.63, 3.8) is 0 Å². The normalized spacial score (nSPS) is 14.3. The maximum Gasteiger partial charge on any atom is 0.375 e. The van der Waals surface area contributed by atoms with Gasteiger partial charge in [0.25, 0.3) is 5.82 Å². The lowest BCUT2D eigenvalue weighted by Gasteiger charge is -2.10. The zero-order valence-corrected chi connectivity index (χ0v) is 11.8. The first-order chi connectivity index (χ1) is 10.2. The smallest absolute Gasteiger partial charge is 0.375 e. The van der Waals surface area contributed by atoms with Crippen molar-refractivity contribution in [1.29, 1.82) is 0 Å². The van der Waals surface area contributed by atoms with E-state index in [0.717, 1.165) is 36.3 Å². The third-order valence-corrected chi connectivity index (χ3v) is 3.56. The molecule has 6 heteroatoms. The average Bonchev–Trinajstić information content (AvgIpc) is 3.24. The van der Waals surface area contributed by atoms with Crippen LogP contribution in [0.4, 0.5) is 0 Å². The number of ether oxygens (including phenoxy) is 1. The highest BCUT2D eigenvalue weighted by molar-refractivity contribution is 5.83. The van der Waals surface area contributed by atoms with Crippen LogP contribution in [0.3, 0.4) is 0 Å². The maximum absolute atomic E-state index is 11.1. The number of aromatic carboxylic acids is 1. The van der Waals surface area contributed by atoms with Crippen LogP contribution >= 0.6 is 0 Å². The van der Waals surface area contributed by atoms with Gasteiger partial charge in [-0.1, -0.05) is 18.2 Å². The van der Waals surface area contributed by atoms with E-state index in [0.29, 0.717) is 12.5 Å². The fourth-order valence-corrected chi connectivity index (χ4v) is 2.34. The second-order valence-electron chi connectivity index (χ2n) is 5.16. The molecule has 1 aliphatic rings. The molecule has 110 valence electrons. The molecular formula is C15H17N3O3. The van der Waals surface area contributed by atoms with Crippen molar-refractivity contribution in [2.24, 2.45) is 0 Å². The molecule has 2 aromatic rings. The Bertz CT molecular complexity index is 662. The summed E-state index contributed by atoms with van der Waals surface area (Å²) >= 11 is 0. The van der Waals surface area contributed by atoms with E-state index in [4.69, 9.17) is 9.84 Å². The van der Waals surface area contributed by atoms with Gasteiger partial charge in [0, 0.05) is 13.0 Å². The summed E-state index contributed by atoms with van der Waals surface area (Å²) in [5.74, 6) is -0.165. The number of hydrogen-bond donors (Lipinski definition) is 1. The van der Waals surface area contributed by atoms with Crippen LogP contribution in [0.25, 0.3) is 5.69 Å². The second-order valence-corrected chi connectivity index (χ2v) is 5.16. The van der Waals surface area contributed by atoms with E-state index < -0.39 is 5.97 Å². The maximum atomic E-state index is 11.1. The fourth-order valence-electron chi connectivity index (χ4n) is 2.34. The lowest BCUT2D eigenvalue weighted by molar-refractivity contribution is 0.0683. The summed E-state index contributed by atoms with van der Waals surface area (Å²) in [6, 6.07) is 7.83. The van der Waals surface area contributed by atoms with E-state index in [1.54, 1.807) is 11.8 Å². The summed E-state index contributed by atoms with van der Waals surface area (Å²) in [7, 11) is 1.66. The minimum atomic E-state index is -1.09. The molecule has 6 nitrogen and oxygen atoms in total. The van der Waals surface area contributed by atoms with Gasteiger partial charge in [0.05, 0.1) is 12.3 Å². The third-order valence-electron chi connectivity index (χ3n) is 3.56. The molecule has 0 aliphatic heterocycles. The molecule has 0 unspecified atom stereocenters. The molecule has 0 radical (unpaired) electrons. The lowest BCUT2D eigenvalue weighted by atomic mass is 10.1. The molecule has 0 saturated heterocycles. The van der Waals surface area contributed by atoms with E-state index in [-0.39, 0.29) is 5.82 Å². The van der Waals surface area contributed by atoms with Gasteiger partial charge >= 0.3 is 5.97 Å². The van der Waals surface area contributed by atoms with Crippen molar-refractivity contribution in [2.45, 2.75) is 25.2 Å². The number of methoxy groups -OCH3 is 1. The Morgan fingerprint density at radius 3 is 2.86 bits per heavy atom. The highest BCUT2D eigenvalue weighted by Gasteiger charge is 2.31. The summed E-state index contributed by atoms with van der Waals surface area (Å²) < 4.78 is 6.82. The Kier molecular flexibility index (Phi) is 3.70.